The van der Waals surface area contributed by atoms with Crippen molar-refractivity contribution in [1.29, 1.82) is 0 Å². The van der Waals surface area contributed by atoms with Crippen molar-refractivity contribution in [2.45, 2.75) is 33.7 Å². The van der Waals surface area contributed by atoms with Gasteiger partial charge in [0.2, 0.25) is 0 Å². The first-order valence-corrected chi connectivity index (χ1v) is 11.0. The minimum absolute atomic E-state index is 0.0737. The molecule has 2 N–H and O–H groups in total. The fourth-order valence-corrected chi connectivity index (χ4v) is 3.87. The van der Waals surface area contributed by atoms with Crippen LogP contribution in [0.1, 0.15) is 52.8 Å². The van der Waals surface area contributed by atoms with E-state index in [9.17, 15) is 9.59 Å². The molecule has 0 bridgehead atoms. The molecule has 0 aliphatic rings. The van der Waals surface area contributed by atoms with Crippen molar-refractivity contribution in [2.75, 3.05) is 19.5 Å². The highest BCUT2D eigenvalue weighted by Gasteiger charge is 2.21. The van der Waals surface area contributed by atoms with Crippen LogP contribution in [0.4, 0.5) is 5.69 Å². The van der Waals surface area contributed by atoms with Crippen LogP contribution in [-0.2, 0) is 4.84 Å². The van der Waals surface area contributed by atoms with Crippen molar-refractivity contribution in [3.05, 3.63) is 79.9 Å². The summed E-state index contributed by atoms with van der Waals surface area (Å²) in [4.78, 5) is 38.8. The maximum atomic E-state index is 13.3. The molecule has 1 atom stereocenters. The number of pyridine rings is 1. The molecule has 1 aromatic carbocycles. The van der Waals surface area contributed by atoms with Crippen LogP contribution in [0.2, 0.25) is 5.15 Å². The Hall–Kier alpha value is -3.49. The summed E-state index contributed by atoms with van der Waals surface area (Å²) in [6.45, 7) is 7.43. The Labute approximate surface area is 202 Å². The fraction of sp³-hybridized carbons (Fsp3) is 0.280. The molecule has 0 radical (unpaired) electrons. The van der Waals surface area contributed by atoms with Gasteiger partial charge in [-0.05, 0) is 57.5 Å². The van der Waals surface area contributed by atoms with Gasteiger partial charge in [-0.1, -0.05) is 23.7 Å². The number of nitrogens with zero attached hydrogens (tertiary/aromatic N) is 2. The van der Waals surface area contributed by atoms with Crippen molar-refractivity contribution in [3.63, 3.8) is 0 Å². The number of allylic oxidation sites excluding steroid dienone is 2. The first-order valence-electron chi connectivity index (χ1n) is 10.7. The Bertz CT molecular complexity index is 1360. The van der Waals surface area contributed by atoms with Gasteiger partial charge in [-0.2, -0.15) is 0 Å². The number of nitrogens with one attached hydrogen (secondary N) is 2. The molecule has 0 spiro atoms. The monoisotopic (exact) mass is 482 g/mol. The number of carbonyl (C=O) groups excluding carboxylic acids is 1. The molecular formula is C25H27ClN4O4. The number of aromatic nitrogens is 1. The Morgan fingerprint density at radius 2 is 2.03 bits per heavy atom. The van der Waals surface area contributed by atoms with Crippen LogP contribution < -0.4 is 16.2 Å². The molecule has 0 aliphatic carbocycles. The number of carbonyl (C=O) groups is 1. The van der Waals surface area contributed by atoms with Gasteiger partial charge < -0.3 is 9.73 Å². The Kier molecular flexibility index (Phi) is 7.86. The highest BCUT2D eigenvalue weighted by molar-refractivity contribution is 6.29. The van der Waals surface area contributed by atoms with E-state index in [2.05, 4.69) is 20.8 Å². The zero-order valence-corrected chi connectivity index (χ0v) is 20.7. The average molecular weight is 483 g/mol. The molecule has 0 saturated heterocycles. The predicted octanol–water partition coefficient (Wildman–Crippen LogP) is 4.92. The van der Waals surface area contributed by atoms with E-state index < -0.39 is 5.91 Å². The number of aliphatic imine (C=N–C) groups is 1. The summed E-state index contributed by atoms with van der Waals surface area (Å²) >= 11 is 6.01. The molecule has 3 aromatic rings. The van der Waals surface area contributed by atoms with E-state index in [1.807, 2.05) is 39.0 Å². The molecule has 34 heavy (non-hydrogen) atoms. The molecule has 0 saturated carbocycles. The SMILES string of the molecule is C/C=C\C(=NC)c1oc2c(C(C)Nc3ccc(Cl)nc3C(=O)NOC)cc(C)cc2c(=O)c1C. The lowest BCUT2D eigenvalue weighted by Crippen LogP contribution is -2.25. The summed E-state index contributed by atoms with van der Waals surface area (Å²) < 4.78 is 6.30. The predicted molar refractivity (Wildman–Crippen MR) is 135 cm³/mol. The molecule has 1 unspecified atom stereocenters. The smallest absolute Gasteiger partial charge is 0.295 e. The molecule has 3 rings (SSSR count). The largest absolute Gasteiger partial charge is 0.454 e. The van der Waals surface area contributed by atoms with Crippen LogP contribution in [0.25, 0.3) is 11.0 Å². The number of hydroxylamine groups is 1. The van der Waals surface area contributed by atoms with Gasteiger partial charge in [0, 0.05) is 18.2 Å². The molecule has 8 nitrogen and oxygen atoms in total. The highest BCUT2D eigenvalue weighted by Crippen LogP contribution is 2.30. The van der Waals surface area contributed by atoms with Crippen LogP contribution in [0.15, 0.2) is 50.6 Å². The third-order valence-corrected chi connectivity index (χ3v) is 5.51. The lowest BCUT2D eigenvalue weighted by Gasteiger charge is -2.20. The van der Waals surface area contributed by atoms with E-state index in [0.29, 0.717) is 33.7 Å². The number of hydrogen-bond donors (Lipinski definition) is 2. The molecule has 178 valence electrons. The second-order valence-corrected chi connectivity index (χ2v) is 8.14. The summed E-state index contributed by atoms with van der Waals surface area (Å²) in [6.07, 6.45) is 3.64. The number of fused-ring (bicyclic) bond motifs is 1. The third kappa shape index (κ3) is 5.03. The fourth-order valence-electron chi connectivity index (χ4n) is 3.72. The van der Waals surface area contributed by atoms with Gasteiger partial charge in [0.1, 0.15) is 10.7 Å². The maximum absolute atomic E-state index is 13.3. The lowest BCUT2D eigenvalue weighted by atomic mass is 9.99. The Balaban J connectivity index is 2.18. The van der Waals surface area contributed by atoms with Crippen molar-refractivity contribution in [1.82, 2.24) is 10.5 Å². The number of hydrogen-bond acceptors (Lipinski definition) is 7. The van der Waals surface area contributed by atoms with Crippen molar-refractivity contribution in [3.8, 4) is 0 Å². The molecule has 0 fully saturated rings. The number of benzene rings is 1. The van der Waals surface area contributed by atoms with Crippen molar-refractivity contribution >= 4 is 39.9 Å². The highest BCUT2D eigenvalue weighted by atomic mass is 35.5. The minimum Gasteiger partial charge on any atom is -0.454 e. The zero-order valence-electron chi connectivity index (χ0n) is 19.9. The van der Waals surface area contributed by atoms with E-state index in [1.165, 1.54) is 7.11 Å². The summed E-state index contributed by atoms with van der Waals surface area (Å²) in [6, 6.07) is 6.64. The van der Waals surface area contributed by atoms with E-state index in [4.69, 9.17) is 20.9 Å². The molecule has 1 amide bonds. The second kappa shape index (κ2) is 10.6. The molecule has 9 heteroatoms. The van der Waals surface area contributed by atoms with E-state index in [1.54, 1.807) is 32.2 Å². The summed E-state index contributed by atoms with van der Waals surface area (Å²) in [5, 5.41) is 3.94. The number of amides is 1. The van der Waals surface area contributed by atoms with Gasteiger partial charge in [-0.25, -0.2) is 10.5 Å². The number of aryl methyl sites for hydroxylation is 1. The number of halogens is 1. The summed E-state index contributed by atoms with van der Waals surface area (Å²) in [7, 11) is 2.99. The topological polar surface area (TPSA) is 106 Å². The van der Waals surface area contributed by atoms with Crippen LogP contribution in [0.5, 0.6) is 0 Å². The average Bonchev–Trinajstić information content (AvgIpc) is 2.81. The number of rotatable bonds is 7. The summed E-state index contributed by atoms with van der Waals surface area (Å²) in [5.41, 5.74) is 5.82. The normalized spacial score (nSPS) is 12.9. The Morgan fingerprint density at radius 1 is 1.29 bits per heavy atom. The third-order valence-electron chi connectivity index (χ3n) is 5.30. The molecule has 2 heterocycles. The molecule has 2 aromatic heterocycles. The standard InChI is InChI=1S/C25H27ClN4O4/c1-7-8-19(27-5)23-14(3)22(31)17-12-13(2)11-16(24(17)34-23)15(4)28-18-9-10-20(26)29-21(18)25(32)30-33-6/h7-12,15,28H,1-6H3,(H,30,32)/b8-7-,27-19?. The van der Waals surface area contributed by atoms with Gasteiger partial charge in [0.05, 0.1) is 29.9 Å². The van der Waals surface area contributed by atoms with Gasteiger partial charge in [0.25, 0.3) is 5.91 Å². The van der Waals surface area contributed by atoms with Gasteiger partial charge in [-0.15, -0.1) is 0 Å². The quantitative estimate of drug-likeness (QED) is 0.281. The zero-order chi connectivity index (χ0) is 25.0. The Morgan fingerprint density at radius 3 is 2.68 bits per heavy atom. The minimum atomic E-state index is -0.548. The van der Waals surface area contributed by atoms with Gasteiger partial charge >= 0.3 is 0 Å². The van der Waals surface area contributed by atoms with Crippen LogP contribution in [0, 0.1) is 13.8 Å². The summed E-state index contributed by atoms with van der Waals surface area (Å²) in [5.74, 6) is -0.128. The van der Waals surface area contributed by atoms with Crippen LogP contribution in [-0.4, -0.2) is 30.8 Å². The maximum Gasteiger partial charge on any atom is 0.295 e. The molecule has 0 aliphatic heterocycles. The molecular weight excluding hydrogens is 456 g/mol. The van der Waals surface area contributed by atoms with Crippen LogP contribution in [0.3, 0.4) is 0 Å². The second-order valence-electron chi connectivity index (χ2n) is 7.76. The first-order chi connectivity index (χ1) is 16.2. The van der Waals surface area contributed by atoms with Gasteiger partial charge in [0.15, 0.2) is 16.9 Å². The lowest BCUT2D eigenvalue weighted by molar-refractivity contribution is 0.0533. The van der Waals surface area contributed by atoms with E-state index in [0.717, 1.165) is 11.1 Å². The van der Waals surface area contributed by atoms with Crippen molar-refractivity contribution in [2.24, 2.45) is 4.99 Å². The van der Waals surface area contributed by atoms with E-state index in [-0.39, 0.29) is 22.3 Å². The first kappa shape index (κ1) is 25.1. The van der Waals surface area contributed by atoms with E-state index >= 15 is 0 Å². The number of anilines is 1. The van der Waals surface area contributed by atoms with Crippen LogP contribution >= 0.6 is 11.6 Å². The van der Waals surface area contributed by atoms with Gasteiger partial charge in [-0.3, -0.25) is 19.4 Å². The van der Waals surface area contributed by atoms with Crippen molar-refractivity contribution < 1.29 is 14.0 Å².